The van der Waals surface area contributed by atoms with Gasteiger partial charge in [0.1, 0.15) is 0 Å². The van der Waals surface area contributed by atoms with Gasteiger partial charge in [-0.05, 0) is 49.7 Å². The van der Waals surface area contributed by atoms with Gasteiger partial charge in [0, 0.05) is 44.2 Å². The van der Waals surface area contributed by atoms with E-state index in [-0.39, 0.29) is 29.2 Å². The molecular formula is C26H35N5O3. The number of amides is 2. The zero-order valence-corrected chi connectivity index (χ0v) is 20.3. The summed E-state index contributed by atoms with van der Waals surface area (Å²) in [5.74, 6) is 1.73. The zero-order valence-electron chi connectivity index (χ0n) is 20.3. The molecule has 0 saturated carbocycles. The first-order valence-corrected chi connectivity index (χ1v) is 12.6. The van der Waals surface area contributed by atoms with Crippen molar-refractivity contribution in [1.82, 2.24) is 24.9 Å². The van der Waals surface area contributed by atoms with E-state index in [1.165, 1.54) is 0 Å². The third-order valence-corrected chi connectivity index (χ3v) is 7.77. The summed E-state index contributed by atoms with van der Waals surface area (Å²) in [7, 11) is 0. The molecule has 3 aliphatic rings. The molecule has 8 nitrogen and oxygen atoms in total. The van der Waals surface area contributed by atoms with Crippen molar-refractivity contribution in [3.63, 3.8) is 0 Å². The van der Waals surface area contributed by atoms with Crippen molar-refractivity contribution in [2.45, 2.75) is 57.9 Å². The molecule has 1 aromatic heterocycles. The van der Waals surface area contributed by atoms with Crippen LogP contribution in [0, 0.1) is 5.41 Å². The monoisotopic (exact) mass is 465 g/mol. The van der Waals surface area contributed by atoms with Crippen LogP contribution in [0.2, 0.25) is 0 Å². The molecule has 5 rings (SSSR count). The Labute approximate surface area is 201 Å². The van der Waals surface area contributed by atoms with Gasteiger partial charge in [0.05, 0.1) is 12.6 Å². The standard InChI is InChI=1S/C26H35N5O3/c1-19(2)23-27-28-24(34-23)21-16-26(18-31(21)17-22(32)29-12-6-7-13-29)10-14-30(15-11-26)25(33)20-8-4-3-5-9-20/h3-5,8-9,19,21H,6-7,10-18H2,1-2H3. The lowest BCUT2D eigenvalue weighted by atomic mass is 9.76. The molecule has 8 heteroatoms. The number of piperidine rings is 1. The van der Waals surface area contributed by atoms with Crippen molar-refractivity contribution >= 4 is 11.8 Å². The van der Waals surface area contributed by atoms with Crippen LogP contribution in [0.15, 0.2) is 34.7 Å². The third kappa shape index (κ3) is 4.60. The highest BCUT2D eigenvalue weighted by molar-refractivity contribution is 5.94. The number of carbonyl (C=O) groups excluding carboxylic acids is 2. The Morgan fingerprint density at radius 1 is 1.03 bits per heavy atom. The molecule has 0 radical (unpaired) electrons. The van der Waals surface area contributed by atoms with Gasteiger partial charge in [-0.3, -0.25) is 14.5 Å². The average molecular weight is 466 g/mol. The number of carbonyl (C=O) groups is 2. The molecule has 182 valence electrons. The first-order chi connectivity index (χ1) is 16.4. The predicted octanol–water partition coefficient (Wildman–Crippen LogP) is 3.48. The van der Waals surface area contributed by atoms with E-state index in [1.54, 1.807) is 0 Å². The second-order valence-electron chi connectivity index (χ2n) is 10.5. The Morgan fingerprint density at radius 2 is 1.74 bits per heavy atom. The topological polar surface area (TPSA) is 82.8 Å². The van der Waals surface area contributed by atoms with Crippen molar-refractivity contribution in [3.05, 3.63) is 47.7 Å². The molecule has 34 heavy (non-hydrogen) atoms. The summed E-state index contributed by atoms with van der Waals surface area (Å²) in [6.45, 7) is 8.48. The SMILES string of the molecule is CC(C)c1nnc(C2CC3(CCN(C(=O)c4ccccc4)CC3)CN2CC(=O)N2CCCC2)o1. The Bertz CT molecular complexity index is 1010. The van der Waals surface area contributed by atoms with Gasteiger partial charge >= 0.3 is 0 Å². The van der Waals surface area contributed by atoms with Crippen LogP contribution in [-0.2, 0) is 4.79 Å². The molecule has 0 aliphatic carbocycles. The maximum atomic E-state index is 13.0. The van der Waals surface area contributed by atoms with E-state index in [2.05, 4.69) is 15.1 Å². The average Bonchev–Trinajstić information content (AvgIpc) is 3.60. The minimum atomic E-state index is -0.0528. The number of hydrogen-bond acceptors (Lipinski definition) is 6. The van der Waals surface area contributed by atoms with Gasteiger partial charge in [0.2, 0.25) is 17.7 Å². The van der Waals surface area contributed by atoms with E-state index in [9.17, 15) is 9.59 Å². The normalized spacial score (nSPS) is 22.7. The van der Waals surface area contributed by atoms with Crippen molar-refractivity contribution in [2.75, 3.05) is 39.3 Å². The van der Waals surface area contributed by atoms with Crippen LogP contribution in [0.25, 0.3) is 0 Å². The molecule has 1 spiro atoms. The van der Waals surface area contributed by atoms with E-state index >= 15 is 0 Å². The van der Waals surface area contributed by atoms with Crippen LogP contribution in [0.1, 0.15) is 80.1 Å². The maximum Gasteiger partial charge on any atom is 0.253 e. The number of rotatable bonds is 5. The van der Waals surface area contributed by atoms with Crippen LogP contribution in [0.4, 0.5) is 0 Å². The summed E-state index contributed by atoms with van der Waals surface area (Å²) in [5, 5.41) is 8.65. The summed E-state index contributed by atoms with van der Waals surface area (Å²) < 4.78 is 6.06. The summed E-state index contributed by atoms with van der Waals surface area (Å²) >= 11 is 0. The van der Waals surface area contributed by atoms with Gasteiger partial charge < -0.3 is 14.2 Å². The molecule has 3 fully saturated rings. The zero-order chi connectivity index (χ0) is 23.7. The summed E-state index contributed by atoms with van der Waals surface area (Å²) in [5.41, 5.74) is 0.795. The number of nitrogens with zero attached hydrogens (tertiary/aromatic N) is 5. The quantitative estimate of drug-likeness (QED) is 0.672. The Balaban J connectivity index is 1.31. The van der Waals surface area contributed by atoms with E-state index in [1.807, 2.05) is 54.0 Å². The molecule has 1 unspecified atom stereocenters. The van der Waals surface area contributed by atoms with Gasteiger partial charge in [-0.25, -0.2) is 0 Å². The van der Waals surface area contributed by atoms with E-state index in [4.69, 9.17) is 4.42 Å². The number of hydrogen-bond donors (Lipinski definition) is 0. The Hall–Kier alpha value is -2.74. The second kappa shape index (κ2) is 9.49. The molecule has 2 amide bonds. The highest BCUT2D eigenvalue weighted by atomic mass is 16.4. The highest BCUT2D eigenvalue weighted by Gasteiger charge is 2.49. The fourth-order valence-electron chi connectivity index (χ4n) is 5.72. The van der Waals surface area contributed by atoms with E-state index in [0.717, 1.165) is 70.4 Å². The molecule has 0 bridgehead atoms. The first kappa shape index (κ1) is 23.0. The summed E-state index contributed by atoms with van der Waals surface area (Å²) in [6, 6.07) is 9.46. The molecule has 0 N–H and O–H groups in total. The number of benzene rings is 1. The minimum Gasteiger partial charge on any atom is -0.423 e. The molecule has 1 atom stereocenters. The Morgan fingerprint density at radius 3 is 2.38 bits per heavy atom. The Kier molecular flexibility index (Phi) is 6.42. The van der Waals surface area contributed by atoms with Crippen molar-refractivity contribution in [1.29, 1.82) is 0 Å². The fourth-order valence-corrected chi connectivity index (χ4v) is 5.72. The number of aromatic nitrogens is 2. The summed E-state index contributed by atoms with van der Waals surface area (Å²) in [6.07, 6.45) is 4.90. The molecule has 1 aromatic carbocycles. The van der Waals surface area contributed by atoms with E-state index in [0.29, 0.717) is 18.3 Å². The molecule has 4 heterocycles. The van der Waals surface area contributed by atoms with Gasteiger partial charge in [0.15, 0.2) is 0 Å². The van der Waals surface area contributed by atoms with Crippen molar-refractivity contribution < 1.29 is 14.0 Å². The van der Waals surface area contributed by atoms with Crippen molar-refractivity contribution in [3.8, 4) is 0 Å². The van der Waals surface area contributed by atoms with Gasteiger partial charge in [-0.15, -0.1) is 10.2 Å². The lowest BCUT2D eigenvalue weighted by molar-refractivity contribution is -0.131. The van der Waals surface area contributed by atoms with Gasteiger partial charge in [-0.2, -0.15) is 0 Å². The molecule has 3 saturated heterocycles. The van der Waals surface area contributed by atoms with Crippen LogP contribution in [-0.4, -0.2) is 76.0 Å². The lowest BCUT2D eigenvalue weighted by Gasteiger charge is -2.39. The van der Waals surface area contributed by atoms with Gasteiger partial charge in [0.25, 0.3) is 5.91 Å². The smallest absolute Gasteiger partial charge is 0.253 e. The first-order valence-electron chi connectivity index (χ1n) is 12.6. The van der Waals surface area contributed by atoms with Crippen molar-refractivity contribution in [2.24, 2.45) is 5.41 Å². The van der Waals surface area contributed by atoms with Crippen LogP contribution >= 0.6 is 0 Å². The third-order valence-electron chi connectivity index (χ3n) is 7.77. The largest absolute Gasteiger partial charge is 0.423 e. The molecule has 2 aromatic rings. The fraction of sp³-hybridized carbons (Fsp3) is 0.615. The van der Waals surface area contributed by atoms with Gasteiger partial charge in [-0.1, -0.05) is 32.0 Å². The van der Waals surface area contributed by atoms with Crippen LogP contribution < -0.4 is 0 Å². The van der Waals surface area contributed by atoms with Crippen LogP contribution in [0.3, 0.4) is 0 Å². The summed E-state index contributed by atoms with van der Waals surface area (Å²) in [4.78, 5) is 32.2. The lowest BCUT2D eigenvalue weighted by Crippen LogP contribution is -2.45. The second-order valence-corrected chi connectivity index (χ2v) is 10.5. The maximum absolute atomic E-state index is 13.0. The highest BCUT2D eigenvalue weighted by Crippen LogP contribution is 2.49. The minimum absolute atomic E-state index is 0.0515. The predicted molar refractivity (Wildman–Crippen MR) is 127 cm³/mol. The number of likely N-dealkylation sites (tertiary alicyclic amines) is 3. The molecule has 3 aliphatic heterocycles. The van der Waals surface area contributed by atoms with Crippen LogP contribution in [0.5, 0.6) is 0 Å². The van der Waals surface area contributed by atoms with E-state index < -0.39 is 0 Å². The molecular weight excluding hydrogens is 430 g/mol.